The van der Waals surface area contributed by atoms with Crippen LogP contribution in [0.4, 0.5) is 0 Å². The largest absolute Gasteiger partial charge is 0.496 e. The van der Waals surface area contributed by atoms with Gasteiger partial charge in [-0.3, -0.25) is 14.6 Å². The number of H-pyrrole nitrogens is 1. The molecule has 2 aliphatic carbocycles. The molecule has 3 heterocycles. The van der Waals surface area contributed by atoms with E-state index in [1.54, 1.807) is 19.2 Å². The molecule has 1 saturated carbocycles. The zero-order valence-corrected chi connectivity index (χ0v) is 16.7. The second kappa shape index (κ2) is 6.05. The fourth-order valence-electron chi connectivity index (χ4n) is 4.94. The van der Waals surface area contributed by atoms with E-state index in [2.05, 4.69) is 21.4 Å². The van der Waals surface area contributed by atoms with Crippen LogP contribution in [0, 0.1) is 0 Å². The Kier molecular flexibility index (Phi) is 3.52. The average Bonchev–Trinajstić information content (AvgIpc) is 3.39. The van der Waals surface area contributed by atoms with Crippen molar-refractivity contribution in [3.05, 3.63) is 58.4 Å². The lowest BCUT2D eigenvalue weighted by Crippen LogP contribution is -2.43. The molecule has 150 valence electrons. The number of benzene rings is 1. The number of pyridine rings is 1. The van der Waals surface area contributed by atoms with Crippen molar-refractivity contribution in [3.63, 3.8) is 0 Å². The van der Waals surface area contributed by atoms with Crippen LogP contribution in [-0.4, -0.2) is 34.8 Å². The Labute approximate surface area is 173 Å². The van der Waals surface area contributed by atoms with Crippen LogP contribution in [0.5, 0.6) is 5.75 Å². The Balaban J connectivity index is 1.47. The Bertz CT molecular complexity index is 1240. The SMILES string of the molecule is COc1ccc(-c2cc3c(cn2)CCc2c-3[nH]c3c2C(=O)NC2(CC2)C3)cc1C=O. The third-order valence-electron chi connectivity index (χ3n) is 6.71. The van der Waals surface area contributed by atoms with Gasteiger partial charge in [-0.05, 0) is 61.1 Å². The lowest BCUT2D eigenvalue weighted by atomic mass is 9.87. The topological polar surface area (TPSA) is 84.1 Å². The zero-order valence-electron chi connectivity index (χ0n) is 16.7. The number of rotatable bonds is 3. The van der Waals surface area contributed by atoms with Crippen LogP contribution >= 0.6 is 0 Å². The molecule has 1 aliphatic heterocycles. The quantitative estimate of drug-likeness (QED) is 0.661. The highest BCUT2D eigenvalue weighted by atomic mass is 16.5. The summed E-state index contributed by atoms with van der Waals surface area (Å²) < 4.78 is 5.25. The molecular formula is C24H21N3O3. The van der Waals surface area contributed by atoms with Gasteiger partial charge in [0.2, 0.25) is 0 Å². The van der Waals surface area contributed by atoms with Crippen LogP contribution in [0.1, 0.15) is 50.4 Å². The van der Waals surface area contributed by atoms with Gasteiger partial charge in [0.05, 0.1) is 29.6 Å². The summed E-state index contributed by atoms with van der Waals surface area (Å²) in [6.07, 6.45) is 7.42. The first-order valence-electron chi connectivity index (χ1n) is 10.3. The van der Waals surface area contributed by atoms with E-state index >= 15 is 0 Å². The van der Waals surface area contributed by atoms with Gasteiger partial charge in [-0.15, -0.1) is 0 Å². The molecule has 30 heavy (non-hydrogen) atoms. The second-order valence-corrected chi connectivity index (χ2v) is 8.54. The molecule has 6 heteroatoms. The van der Waals surface area contributed by atoms with E-state index in [0.29, 0.717) is 11.3 Å². The van der Waals surface area contributed by atoms with Crippen molar-refractivity contribution in [2.45, 2.75) is 37.6 Å². The first-order valence-corrected chi connectivity index (χ1v) is 10.3. The highest BCUT2D eigenvalue weighted by molar-refractivity contribution is 6.01. The zero-order chi connectivity index (χ0) is 20.5. The first kappa shape index (κ1) is 17.4. The number of carbonyl (C=O) groups is 2. The van der Waals surface area contributed by atoms with Gasteiger partial charge >= 0.3 is 0 Å². The van der Waals surface area contributed by atoms with Crippen LogP contribution in [0.15, 0.2) is 30.5 Å². The highest BCUT2D eigenvalue weighted by Gasteiger charge is 2.49. The van der Waals surface area contributed by atoms with Gasteiger partial charge < -0.3 is 15.0 Å². The Morgan fingerprint density at radius 3 is 2.83 bits per heavy atom. The molecule has 0 bridgehead atoms. The van der Waals surface area contributed by atoms with E-state index in [1.807, 2.05) is 12.3 Å². The number of hydrogen-bond donors (Lipinski definition) is 2. The van der Waals surface area contributed by atoms with E-state index in [9.17, 15) is 9.59 Å². The number of fused-ring (bicyclic) bond motifs is 5. The Morgan fingerprint density at radius 1 is 1.20 bits per heavy atom. The van der Waals surface area contributed by atoms with Gasteiger partial charge in [-0.2, -0.15) is 0 Å². The number of nitrogens with one attached hydrogen (secondary N) is 2. The van der Waals surface area contributed by atoms with Crippen molar-refractivity contribution in [1.82, 2.24) is 15.3 Å². The number of hydrogen-bond acceptors (Lipinski definition) is 4. The predicted octanol–water partition coefficient (Wildman–Crippen LogP) is 3.48. The number of aldehydes is 1. The smallest absolute Gasteiger partial charge is 0.253 e. The van der Waals surface area contributed by atoms with Crippen molar-refractivity contribution in [3.8, 4) is 28.3 Å². The van der Waals surface area contributed by atoms with Gasteiger partial charge in [0, 0.05) is 35.0 Å². The van der Waals surface area contributed by atoms with E-state index in [0.717, 1.165) is 77.7 Å². The Morgan fingerprint density at radius 2 is 2.07 bits per heavy atom. The van der Waals surface area contributed by atoms with Crippen molar-refractivity contribution in [2.24, 2.45) is 0 Å². The summed E-state index contributed by atoms with van der Waals surface area (Å²) in [6, 6.07) is 7.57. The predicted molar refractivity (Wildman–Crippen MR) is 112 cm³/mol. The number of methoxy groups -OCH3 is 1. The molecule has 1 amide bonds. The van der Waals surface area contributed by atoms with E-state index in [-0.39, 0.29) is 11.4 Å². The second-order valence-electron chi connectivity index (χ2n) is 8.54. The summed E-state index contributed by atoms with van der Waals surface area (Å²) in [5.41, 5.74) is 8.48. The number of aromatic nitrogens is 2. The summed E-state index contributed by atoms with van der Waals surface area (Å²) in [6.45, 7) is 0. The molecule has 6 nitrogen and oxygen atoms in total. The standard InChI is InChI=1S/C24H21N3O3/c1-30-20-5-3-13(8-15(20)12-28)18-9-17-14(11-25-18)2-4-16-21-19(26-22(16)17)10-24(6-7-24)27-23(21)29/h3,5,8-9,11-12,26H,2,4,6-7,10H2,1H3,(H,27,29). The van der Waals surface area contributed by atoms with E-state index < -0.39 is 0 Å². The summed E-state index contributed by atoms with van der Waals surface area (Å²) in [5.74, 6) is 0.612. The van der Waals surface area contributed by atoms with Crippen LogP contribution < -0.4 is 10.1 Å². The number of ether oxygens (including phenoxy) is 1. The maximum Gasteiger partial charge on any atom is 0.253 e. The summed E-state index contributed by atoms with van der Waals surface area (Å²) in [5, 5.41) is 3.23. The van der Waals surface area contributed by atoms with Crippen molar-refractivity contribution >= 4 is 12.2 Å². The lowest BCUT2D eigenvalue weighted by molar-refractivity contribution is 0.0917. The molecule has 0 unspecified atom stereocenters. The fraction of sp³-hybridized carbons (Fsp3) is 0.292. The van der Waals surface area contributed by atoms with Crippen LogP contribution in [0.3, 0.4) is 0 Å². The lowest BCUT2D eigenvalue weighted by Gasteiger charge is -2.24. The number of carbonyl (C=O) groups excluding carboxylic acids is 2. The van der Waals surface area contributed by atoms with Crippen molar-refractivity contribution in [1.29, 1.82) is 0 Å². The van der Waals surface area contributed by atoms with Crippen molar-refractivity contribution < 1.29 is 14.3 Å². The van der Waals surface area contributed by atoms with E-state index in [4.69, 9.17) is 4.74 Å². The minimum atomic E-state index is -0.0158. The van der Waals surface area contributed by atoms with Crippen LogP contribution in [0.2, 0.25) is 0 Å². The van der Waals surface area contributed by atoms with Crippen molar-refractivity contribution in [2.75, 3.05) is 7.11 Å². The fourth-order valence-corrected chi connectivity index (χ4v) is 4.94. The van der Waals surface area contributed by atoms with Gasteiger partial charge in [-0.25, -0.2) is 0 Å². The molecule has 2 N–H and O–H groups in total. The monoisotopic (exact) mass is 399 g/mol. The normalized spacial score (nSPS) is 17.6. The highest BCUT2D eigenvalue weighted by Crippen LogP contribution is 2.45. The maximum atomic E-state index is 12.8. The summed E-state index contributed by atoms with van der Waals surface area (Å²) in [4.78, 5) is 32.5. The number of amides is 1. The van der Waals surface area contributed by atoms with Gasteiger partial charge in [0.1, 0.15) is 5.75 Å². The number of nitrogens with zero attached hydrogens (tertiary/aromatic N) is 1. The third-order valence-corrected chi connectivity index (χ3v) is 6.71. The Hall–Kier alpha value is -3.41. The summed E-state index contributed by atoms with van der Waals surface area (Å²) in [7, 11) is 1.55. The molecule has 1 spiro atoms. The average molecular weight is 399 g/mol. The number of aromatic amines is 1. The molecule has 0 saturated heterocycles. The van der Waals surface area contributed by atoms with Crippen LogP contribution in [-0.2, 0) is 19.3 Å². The molecule has 1 aromatic carbocycles. The molecule has 1 fully saturated rings. The summed E-state index contributed by atoms with van der Waals surface area (Å²) >= 11 is 0. The molecule has 3 aliphatic rings. The molecule has 0 radical (unpaired) electrons. The molecule has 3 aromatic rings. The molecule has 0 atom stereocenters. The van der Waals surface area contributed by atoms with Gasteiger partial charge in [0.15, 0.2) is 6.29 Å². The first-order chi connectivity index (χ1) is 14.6. The van der Waals surface area contributed by atoms with Crippen LogP contribution in [0.25, 0.3) is 22.5 Å². The minimum absolute atomic E-state index is 0.0158. The van der Waals surface area contributed by atoms with Gasteiger partial charge in [-0.1, -0.05) is 0 Å². The maximum absolute atomic E-state index is 12.8. The number of aryl methyl sites for hydroxylation is 1. The minimum Gasteiger partial charge on any atom is -0.496 e. The third kappa shape index (κ3) is 2.46. The van der Waals surface area contributed by atoms with E-state index in [1.165, 1.54) is 5.56 Å². The molecular weight excluding hydrogens is 378 g/mol. The molecule has 2 aromatic heterocycles. The van der Waals surface area contributed by atoms with Gasteiger partial charge in [0.25, 0.3) is 5.91 Å². The molecule has 6 rings (SSSR count).